The summed E-state index contributed by atoms with van der Waals surface area (Å²) in [6.07, 6.45) is 0. The summed E-state index contributed by atoms with van der Waals surface area (Å²) in [5.41, 5.74) is 2.82. The topological polar surface area (TPSA) is 62.5 Å². The van der Waals surface area contributed by atoms with Gasteiger partial charge in [0.05, 0.1) is 6.54 Å². The first kappa shape index (κ1) is 17.0. The van der Waals surface area contributed by atoms with E-state index in [2.05, 4.69) is 20.8 Å². The molecule has 25 heavy (non-hydrogen) atoms. The Kier molecular flexibility index (Phi) is 5.69. The lowest BCUT2D eigenvalue weighted by atomic mass is 10.2. The van der Waals surface area contributed by atoms with Gasteiger partial charge in [-0.25, -0.2) is 0 Å². The molecule has 5 nitrogen and oxygen atoms in total. The second-order valence-electron chi connectivity index (χ2n) is 5.42. The van der Waals surface area contributed by atoms with Crippen molar-refractivity contribution in [3.8, 4) is 11.3 Å². The van der Waals surface area contributed by atoms with Crippen LogP contribution in [0.4, 0.5) is 0 Å². The lowest BCUT2D eigenvalue weighted by Gasteiger charge is -2.11. The van der Waals surface area contributed by atoms with Gasteiger partial charge < -0.3 is 15.2 Å². The number of nitrogens with zero attached hydrogens (tertiary/aromatic N) is 2. The van der Waals surface area contributed by atoms with Crippen molar-refractivity contribution in [3.05, 3.63) is 76.9 Å². The molecule has 1 aromatic heterocycles. The first-order chi connectivity index (χ1) is 12.3. The molecule has 0 saturated heterocycles. The van der Waals surface area contributed by atoms with Gasteiger partial charge in [-0.2, -0.15) is 0 Å². The monoisotopic (exact) mass is 354 g/mol. The third-order valence-corrected chi connectivity index (χ3v) is 4.05. The Morgan fingerprint density at radius 3 is 2.52 bits per heavy atom. The maximum atomic E-state index is 6.16. The second kappa shape index (κ2) is 8.35. The Labute approximate surface area is 151 Å². The third-order valence-electron chi connectivity index (χ3n) is 3.68. The molecule has 128 valence electrons. The Hall–Kier alpha value is -2.79. The largest absolute Gasteiger partial charge is 0.356 e. The van der Waals surface area contributed by atoms with Gasteiger partial charge in [0, 0.05) is 30.2 Å². The molecule has 3 rings (SSSR count). The van der Waals surface area contributed by atoms with Gasteiger partial charge in [0.1, 0.15) is 5.69 Å². The standard InChI is InChI=1S/C19H19ClN4O/c1-21-19(22-12-15-9-5-6-10-17(15)20)23-13-16-11-18(25-24-16)14-7-3-2-4-8-14/h2-11H,12-13H2,1H3,(H2,21,22,23). The van der Waals surface area contributed by atoms with E-state index in [1.165, 1.54) is 0 Å². The molecule has 2 N–H and O–H groups in total. The lowest BCUT2D eigenvalue weighted by molar-refractivity contribution is 0.422. The van der Waals surface area contributed by atoms with E-state index in [-0.39, 0.29) is 0 Å². The van der Waals surface area contributed by atoms with Crippen molar-refractivity contribution in [1.29, 1.82) is 0 Å². The van der Waals surface area contributed by atoms with Crippen LogP contribution in [0.2, 0.25) is 5.02 Å². The van der Waals surface area contributed by atoms with Crippen molar-refractivity contribution in [2.24, 2.45) is 4.99 Å². The summed E-state index contributed by atoms with van der Waals surface area (Å²) in [6, 6.07) is 19.5. The van der Waals surface area contributed by atoms with E-state index >= 15 is 0 Å². The smallest absolute Gasteiger partial charge is 0.191 e. The van der Waals surface area contributed by atoms with Crippen molar-refractivity contribution in [2.75, 3.05) is 7.05 Å². The molecule has 0 bridgehead atoms. The Balaban J connectivity index is 1.55. The van der Waals surface area contributed by atoms with Crippen LogP contribution >= 0.6 is 11.6 Å². The summed E-state index contributed by atoms with van der Waals surface area (Å²) < 4.78 is 5.39. The third kappa shape index (κ3) is 4.61. The first-order valence-corrected chi connectivity index (χ1v) is 8.33. The SMILES string of the molecule is CN=C(NCc1cc(-c2ccccc2)on1)NCc1ccccc1Cl. The van der Waals surface area contributed by atoms with E-state index in [1.54, 1.807) is 7.05 Å². The van der Waals surface area contributed by atoms with Crippen LogP contribution in [-0.4, -0.2) is 18.2 Å². The van der Waals surface area contributed by atoms with Gasteiger partial charge in [0.15, 0.2) is 11.7 Å². The molecule has 0 aliphatic rings. The molecule has 0 aliphatic carbocycles. The van der Waals surface area contributed by atoms with Crippen LogP contribution < -0.4 is 10.6 Å². The van der Waals surface area contributed by atoms with Crippen LogP contribution in [0.25, 0.3) is 11.3 Å². The zero-order chi connectivity index (χ0) is 17.5. The molecule has 0 atom stereocenters. The predicted molar refractivity (Wildman–Crippen MR) is 100 cm³/mol. The van der Waals surface area contributed by atoms with E-state index in [0.717, 1.165) is 27.6 Å². The van der Waals surface area contributed by atoms with E-state index in [1.807, 2.05) is 60.7 Å². The maximum absolute atomic E-state index is 6.16. The molecule has 6 heteroatoms. The van der Waals surface area contributed by atoms with Gasteiger partial charge in [-0.3, -0.25) is 4.99 Å². The molecule has 0 unspecified atom stereocenters. The van der Waals surface area contributed by atoms with Crippen LogP contribution in [0.15, 0.2) is 70.2 Å². The number of hydrogen-bond donors (Lipinski definition) is 2. The molecule has 0 spiro atoms. The van der Waals surface area contributed by atoms with Gasteiger partial charge in [-0.05, 0) is 11.6 Å². The van der Waals surface area contributed by atoms with Crippen LogP contribution in [0.1, 0.15) is 11.3 Å². The molecular formula is C19H19ClN4O. The molecule has 0 radical (unpaired) electrons. The van der Waals surface area contributed by atoms with Crippen molar-refractivity contribution in [1.82, 2.24) is 15.8 Å². The second-order valence-corrected chi connectivity index (χ2v) is 5.83. The van der Waals surface area contributed by atoms with E-state index < -0.39 is 0 Å². The molecule has 0 amide bonds. The van der Waals surface area contributed by atoms with E-state index in [4.69, 9.17) is 16.1 Å². The number of nitrogens with one attached hydrogen (secondary N) is 2. The van der Waals surface area contributed by atoms with Gasteiger partial charge >= 0.3 is 0 Å². The molecule has 1 heterocycles. The van der Waals surface area contributed by atoms with Gasteiger partial charge in [-0.1, -0.05) is 65.3 Å². The lowest BCUT2D eigenvalue weighted by Crippen LogP contribution is -2.36. The quantitative estimate of drug-likeness (QED) is 0.539. The Morgan fingerprint density at radius 1 is 1.04 bits per heavy atom. The molecule has 3 aromatic rings. The summed E-state index contributed by atoms with van der Waals surface area (Å²) in [5.74, 6) is 1.42. The number of aliphatic imine (C=N–C) groups is 1. The fraction of sp³-hybridized carbons (Fsp3) is 0.158. The van der Waals surface area contributed by atoms with Crippen molar-refractivity contribution in [3.63, 3.8) is 0 Å². The minimum Gasteiger partial charge on any atom is -0.356 e. The predicted octanol–water partition coefficient (Wildman–Crippen LogP) is 3.86. The number of aromatic nitrogens is 1. The molecule has 2 aromatic carbocycles. The van der Waals surface area contributed by atoms with Crippen molar-refractivity contribution < 1.29 is 4.52 Å². The minimum atomic E-state index is 0.512. The van der Waals surface area contributed by atoms with Gasteiger partial charge in [0.25, 0.3) is 0 Å². The van der Waals surface area contributed by atoms with E-state index in [9.17, 15) is 0 Å². The van der Waals surface area contributed by atoms with Gasteiger partial charge in [-0.15, -0.1) is 0 Å². The number of benzene rings is 2. The summed E-state index contributed by atoms with van der Waals surface area (Å²) in [5, 5.41) is 11.3. The van der Waals surface area contributed by atoms with Crippen LogP contribution in [0.5, 0.6) is 0 Å². The molecular weight excluding hydrogens is 336 g/mol. The summed E-state index contributed by atoms with van der Waals surface area (Å²) in [4.78, 5) is 4.21. The van der Waals surface area contributed by atoms with E-state index in [0.29, 0.717) is 19.0 Å². The number of hydrogen-bond acceptors (Lipinski definition) is 3. The highest BCUT2D eigenvalue weighted by Gasteiger charge is 2.07. The van der Waals surface area contributed by atoms with Gasteiger partial charge in [0.2, 0.25) is 0 Å². The van der Waals surface area contributed by atoms with Crippen LogP contribution in [0, 0.1) is 0 Å². The number of guanidine groups is 1. The molecule has 0 aliphatic heterocycles. The molecule has 0 saturated carbocycles. The Bertz CT molecular complexity index is 845. The maximum Gasteiger partial charge on any atom is 0.191 e. The van der Waals surface area contributed by atoms with Crippen LogP contribution in [0.3, 0.4) is 0 Å². The number of halogens is 1. The average Bonchev–Trinajstić information content (AvgIpc) is 3.13. The summed E-state index contributed by atoms with van der Waals surface area (Å²) >= 11 is 6.16. The zero-order valence-electron chi connectivity index (χ0n) is 13.9. The Morgan fingerprint density at radius 2 is 1.76 bits per heavy atom. The summed E-state index contributed by atoms with van der Waals surface area (Å²) in [7, 11) is 1.72. The fourth-order valence-electron chi connectivity index (χ4n) is 2.35. The zero-order valence-corrected chi connectivity index (χ0v) is 14.6. The van der Waals surface area contributed by atoms with Crippen molar-refractivity contribution in [2.45, 2.75) is 13.1 Å². The highest BCUT2D eigenvalue weighted by atomic mass is 35.5. The normalized spacial score (nSPS) is 11.4. The highest BCUT2D eigenvalue weighted by molar-refractivity contribution is 6.31. The average molecular weight is 355 g/mol. The van der Waals surface area contributed by atoms with Crippen LogP contribution in [-0.2, 0) is 13.1 Å². The number of rotatable bonds is 5. The van der Waals surface area contributed by atoms with Crippen molar-refractivity contribution >= 4 is 17.6 Å². The molecule has 0 fully saturated rings. The summed E-state index contributed by atoms with van der Waals surface area (Å²) in [6.45, 7) is 1.10. The fourth-order valence-corrected chi connectivity index (χ4v) is 2.55. The highest BCUT2D eigenvalue weighted by Crippen LogP contribution is 2.19. The minimum absolute atomic E-state index is 0.512. The first-order valence-electron chi connectivity index (χ1n) is 7.95.